The van der Waals surface area contributed by atoms with Crippen LogP contribution in [0.5, 0.6) is 5.75 Å². The summed E-state index contributed by atoms with van der Waals surface area (Å²) in [5.74, 6) is -0.806. The molecule has 3 aromatic carbocycles. The van der Waals surface area contributed by atoms with Crippen molar-refractivity contribution in [2.24, 2.45) is 0 Å². The topological polar surface area (TPSA) is 61.8 Å². The van der Waals surface area contributed by atoms with Crippen LogP contribution < -0.4 is 4.74 Å². The van der Waals surface area contributed by atoms with Crippen LogP contribution in [0.15, 0.2) is 90.5 Å². The third-order valence-electron chi connectivity index (χ3n) is 4.36. The third-order valence-corrected chi connectivity index (χ3v) is 4.36. The molecule has 0 amide bonds. The lowest BCUT2D eigenvalue weighted by Crippen LogP contribution is -2.29. The summed E-state index contributed by atoms with van der Waals surface area (Å²) < 4.78 is 16.4. The summed E-state index contributed by atoms with van der Waals surface area (Å²) in [5.41, 5.74) is 2.13. The number of hydrogen-bond acceptors (Lipinski definition) is 5. The van der Waals surface area contributed by atoms with Gasteiger partial charge in [-0.3, -0.25) is 0 Å². The van der Waals surface area contributed by atoms with Crippen LogP contribution in [-0.2, 0) is 25.7 Å². The summed E-state index contributed by atoms with van der Waals surface area (Å²) >= 11 is 0. The molecule has 5 heteroatoms. The Morgan fingerprint density at radius 2 is 1.45 bits per heavy atom. The summed E-state index contributed by atoms with van der Waals surface area (Å²) in [4.78, 5) is 24.7. The van der Waals surface area contributed by atoms with Gasteiger partial charge in [-0.05, 0) is 29.3 Å². The molecule has 1 saturated heterocycles. The van der Waals surface area contributed by atoms with Gasteiger partial charge in [0.05, 0.1) is 0 Å². The fourth-order valence-electron chi connectivity index (χ4n) is 2.89. The molecule has 1 fully saturated rings. The average molecular weight is 386 g/mol. The highest BCUT2D eigenvalue weighted by atomic mass is 16.7. The summed E-state index contributed by atoms with van der Waals surface area (Å²) in [6.07, 6.45) is 0.412. The SMILES string of the molecule is O=C1OC(c2ccccc2)OC(=O)C1=Cc1cccc(OCc2ccccc2)c1. The summed E-state index contributed by atoms with van der Waals surface area (Å²) in [6, 6.07) is 25.8. The quantitative estimate of drug-likeness (QED) is 0.368. The molecule has 0 atom stereocenters. The minimum atomic E-state index is -1.03. The van der Waals surface area contributed by atoms with Gasteiger partial charge >= 0.3 is 11.9 Å². The molecular formula is C24H18O5. The summed E-state index contributed by atoms with van der Waals surface area (Å²) in [7, 11) is 0. The zero-order valence-corrected chi connectivity index (χ0v) is 15.5. The number of rotatable bonds is 5. The third kappa shape index (κ3) is 4.52. The van der Waals surface area contributed by atoms with Crippen LogP contribution in [0.1, 0.15) is 23.0 Å². The molecule has 1 aliphatic heterocycles. The van der Waals surface area contributed by atoms with E-state index in [4.69, 9.17) is 14.2 Å². The molecule has 29 heavy (non-hydrogen) atoms. The van der Waals surface area contributed by atoms with Crippen molar-refractivity contribution in [1.82, 2.24) is 0 Å². The van der Waals surface area contributed by atoms with E-state index in [1.54, 1.807) is 42.5 Å². The van der Waals surface area contributed by atoms with Crippen molar-refractivity contribution in [3.8, 4) is 5.75 Å². The molecule has 0 unspecified atom stereocenters. The number of carbonyl (C=O) groups is 2. The minimum Gasteiger partial charge on any atom is -0.489 e. The van der Waals surface area contributed by atoms with E-state index in [1.165, 1.54) is 6.08 Å². The molecule has 0 aromatic heterocycles. The normalized spacial score (nSPS) is 16.0. The van der Waals surface area contributed by atoms with Crippen molar-refractivity contribution in [1.29, 1.82) is 0 Å². The molecule has 0 aliphatic carbocycles. The molecule has 3 aromatic rings. The standard InChI is InChI=1S/C24H18O5/c25-22-21(23(26)29-24(28-22)19-11-5-2-6-12-19)15-18-10-7-13-20(14-18)27-16-17-8-3-1-4-9-17/h1-15,24H,16H2. The van der Waals surface area contributed by atoms with Crippen molar-refractivity contribution in [2.45, 2.75) is 12.9 Å². The first-order valence-corrected chi connectivity index (χ1v) is 9.14. The highest BCUT2D eigenvalue weighted by Crippen LogP contribution is 2.28. The highest BCUT2D eigenvalue weighted by molar-refractivity contribution is 6.18. The Balaban J connectivity index is 1.48. The van der Waals surface area contributed by atoms with Gasteiger partial charge < -0.3 is 14.2 Å². The maximum absolute atomic E-state index is 12.4. The second kappa shape index (κ2) is 8.44. The van der Waals surface area contributed by atoms with Gasteiger partial charge in [-0.15, -0.1) is 0 Å². The second-order valence-corrected chi connectivity index (χ2v) is 6.46. The van der Waals surface area contributed by atoms with Gasteiger partial charge in [0.1, 0.15) is 17.9 Å². The van der Waals surface area contributed by atoms with Crippen LogP contribution in [0.25, 0.3) is 6.08 Å². The second-order valence-electron chi connectivity index (χ2n) is 6.46. The van der Waals surface area contributed by atoms with Crippen LogP contribution in [-0.4, -0.2) is 11.9 Å². The Bertz CT molecular complexity index is 1020. The lowest BCUT2D eigenvalue weighted by atomic mass is 10.1. The maximum Gasteiger partial charge on any atom is 0.348 e. The number of ether oxygens (including phenoxy) is 3. The predicted molar refractivity (Wildman–Crippen MR) is 107 cm³/mol. The van der Waals surface area contributed by atoms with Crippen molar-refractivity contribution < 1.29 is 23.8 Å². The van der Waals surface area contributed by atoms with Gasteiger partial charge in [0.15, 0.2) is 0 Å². The Hall–Kier alpha value is -3.86. The fraction of sp³-hybridized carbons (Fsp3) is 0.0833. The van der Waals surface area contributed by atoms with Crippen LogP contribution in [0, 0.1) is 0 Å². The van der Waals surface area contributed by atoms with E-state index in [2.05, 4.69) is 0 Å². The molecule has 144 valence electrons. The van der Waals surface area contributed by atoms with Crippen molar-refractivity contribution in [3.05, 3.63) is 107 Å². The van der Waals surface area contributed by atoms with Crippen molar-refractivity contribution in [3.63, 3.8) is 0 Å². The summed E-state index contributed by atoms with van der Waals surface area (Å²) in [5, 5.41) is 0. The molecule has 0 radical (unpaired) electrons. The van der Waals surface area contributed by atoms with Crippen molar-refractivity contribution >= 4 is 18.0 Å². The molecule has 0 spiro atoms. The van der Waals surface area contributed by atoms with Crippen LogP contribution in [0.4, 0.5) is 0 Å². The Labute approximate surface area is 168 Å². The molecule has 4 rings (SSSR count). The Morgan fingerprint density at radius 3 is 2.14 bits per heavy atom. The zero-order valence-electron chi connectivity index (χ0n) is 15.5. The van der Waals surface area contributed by atoms with Crippen LogP contribution in [0.3, 0.4) is 0 Å². The van der Waals surface area contributed by atoms with Gasteiger partial charge in [-0.2, -0.15) is 0 Å². The fourth-order valence-corrected chi connectivity index (χ4v) is 2.89. The molecule has 0 saturated carbocycles. The molecule has 1 aliphatic rings. The van der Waals surface area contributed by atoms with E-state index >= 15 is 0 Å². The minimum absolute atomic E-state index is 0.155. The first-order valence-electron chi connectivity index (χ1n) is 9.14. The largest absolute Gasteiger partial charge is 0.489 e. The number of carbonyl (C=O) groups excluding carboxylic acids is 2. The van der Waals surface area contributed by atoms with Gasteiger partial charge in [0, 0.05) is 5.56 Å². The molecule has 1 heterocycles. The zero-order chi connectivity index (χ0) is 20.1. The maximum atomic E-state index is 12.4. The van der Waals surface area contributed by atoms with E-state index in [1.807, 2.05) is 42.5 Å². The lowest BCUT2D eigenvalue weighted by Gasteiger charge is -2.23. The first-order chi connectivity index (χ1) is 14.2. The van der Waals surface area contributed by atoms with Crippen LogP contribution in [0.2, 0.25) is 0 Å². The van der Waals surface area contributed by atoms with Crippen molar-refractivity contribution in [2.75, 3.05) is 0 Å². The highest BCUT2D eigenvalue weighted by Gasteiger charge is 2.34. The van der Waals surface area contributed by atoms with E-state index in [0.717, 1.165) is 5.56 Å². The average Bonchev–Trinajstić information content (AvgIpc) is 2.76. The monoisotopic (exact) mass is 386 g/mol. The molecule has 0 bridgehead atoms. The van der Waals surface area contributed by atoms with Crippen LogP contribution >= 0.6 is 0 Å². The van der Waals surface area contributed by atoms with Gasteiger partial charge in [-0.25, -0.2) is 9.59 Å². The lowest BCUT2D eigenvalue weighted by molar-refractivity contribution is -0.195. The van der Waals surface area contributed by atoms with E-state index < -0.39 is 18.2 Å². The predicted octanol–water partition coefficient (Wildman–Crippen LogP) is 4.45. The number of benzene rings is 3. The Morgan fingerprint density at radius 1 is 0.793 bits per heavy atom. The molecular weight excluding hydrogens is 368 g/mol. The molecule has 0 N–H and O–H groups in total. The summed E-state index contributed by atoms with van der Waals surface area (Å²) in [6.45, 7) is 0.420. The Kier molecular flexibility index (Phi) is 5.38. The van der Waals surface area contributed by atoms with Gasteiger partial charge in [-0.1, -0.05) is 72.8 Å². The number of esters is 2. The number of hydrogen-bond donors (Lipinski definition) is 0. The van der Waals surface area contributed by atoms with E-state index in [9.17, 15) is 9.59 Å². The smallest absolute Gasteiger partial charge is 0.348 e. The van der Waals surface area contributed by atoms with Gasteiger partial charge in [0.2, 0.25) is 0 Å². The van der Waals surface area contributed by atoms with E-state index in [-0.39, 0.29) is 5.57 Å². The molecule has 5 nitrogen and oxygen atoms in total. The van der Waals surface area contributed by atoms with E-state index in [0.29, 0.717) is 23.5 Å². The first kappa shape index (κ1) is 18.5. The number of cyclic esters (lactones) is 2. The van der Waals surface area contributed by atoms with Gasteiger partial charge in [0.25, 0.3) is 6.29 Å².